The van der Waals surface area contributed by atoms with Gasteiger partial charge in [-0.2, -0.15) is 0 Å². The van der Waals surface area contributed by atoms with Gasteiger partial charge in [0.25, 0.3) is 5.91 Å². The predicted molar refractivity (Wildman–Crippen MR) is 107 cm³/mol. The third-order valence-corrected chi connectivity index (χ3v) is 4.79. The third kappa shape index (κ3) is 6.55. The van der Waals surface area contributed by atoms with Gasteiger partial charge in [-0.05, 0) is 57.2 Å². The van der Waals surface area contributed by atoms with Crippen molar-refractivity contribution in [2.75, 3.05) is 13.1 Å². The van der Waals surface area contributed by atoms with E-state index in [1.807, 2.05) is 13.8 Å². The second-order valence-corrected chi connectivity index (χ2v) is 7.73. The maximum absolute atomic E-state index is 12.5. The van der Waals surface area contributed by atoms with Gasteiger partial charge in [-0.3, -0.25) is 4.79 Å². The number of ether oxygens (including phenoxy) is 1. The minimum atomic E-state index is -0.804. The maximum atomic E-state index is 12.5. The lowest BCUT2D eigenvalue weighted by atomic mass is 9.99. The lowest BCUT2D eigenvalue weighted by Crippen LogP contribution is -2.44. The van der Waals surface area contributed by atoms with Gasteiger partial charge in [0.05, 0.1) is 5.56 Å². The number of hydrogen-bond donors (Lipinski definition) is 2. The number of esters is 1. The summed E-state index contributed by atoms with van der Waals surface area (Å²) in [6.07, 6.45) is 1.16. The van der Waals surface area contributed by atoms with Gasteiger partial charge in [0.15, 0.2) is 6.10 Å². The fourth-order valence-electron chi connectivity index (χ4n) is 3.02. The minimum Gasteiger partial charge on any atom is -0.449 e. The zero-order chi connectivity index (χ0) is 20.7. The van der Waals surface area contributed by atoms with Crippen molar-refractivity contribution in [3.05, 3.63) is 35.4 Å². The fourth-order valence-corrected chi connectivity index (χ4v) is 3.02. The molecule has 1 aliphatic heterocycles. The molecular weight excluding hydrogens is 358 g/mol. The molecule has 7 heteroatoms. The Balaban J connectivity index is 1.83. The van der Waals surface area contributed by atoms with Crippen LogP contribution in [0.5, 0.6) is 0 Å². The average Bonchev–Trinajstić information content (AvgIpc) is 2.66. The Morgan fingerprint density at radius 2 is 1.71 bits per heavy atom. The largest absolute Gasteiger partial charge is 0.449 e. The highest BCUT2D eigenvalue weighted by Crippen LogP contribution is 2.17. The first kappa shape index (κ1) is 21.7. The normalized spacial score (nSPS) is 15.8. The maximum Gasteiger partial charge on any atom is 0.338 e. The quantitative estimate of drug-likeness (QED) is 0.732. The number of rotatable bonds is 6. The highest BCUT2D eigenvalue weighted by Gasteiger charge is 2.27. The van der Waals surface area contributed by atoms with Crippen molar-refractivity contribution in [3.8, 4) is 0 Å². The van der Waals surface area contributed by atoms with Gasteiger partial charge in [0.2, 0.25) is 0 Å². The van der Waals surface area contributed by atoms with Crippen molar-refractivity contribution in [1.82, 2.24) is 15.5 Å². The van der Waals surface area contributed by atoms with Gasteiger partial charge in [-0.1, -0.05) is 19.1 Å². The number of benzene rings is 1. The van der Waals surface area contributed by atoms with Gasteiger partial charge in [0, 0.05) is 25.7 Å². The van der Waals surface area contributed by atoms with E-state index in [4.69, 9.17) is 4.74 Å². The van der Waals surface area contributed by atoms with E-state index >= 15 is 0 Å². The molecule has 0 bridgehead atoms. The zero-order valence-corrected chi connectivity index (χ0v) is 17.2. The highest BCUT2D eigenvalue weighted by molar-refractivity contribution is 5.92. The molecule has 1 aromatic carbocycles. The Morgan fingerprint density at radius 3 is 2.29 bits per heavy atom. The molecule has 1 unspecified atom stereocenters. The second kappa shape index (κ2) is 10.1. The summed E-state index contributed by atoms with van der Waals surface area (Å²) in [5, 5.41) is 5.49. The molecule has 0 aliphatic carbocycles. The van der Waals surface area contributed by atoms with E-state index in [2.05, 4.69) is 17.6 Å². The fraction of sp³-hybridized carbons (Fsp3) is 0.571. The van der Waals surface area contributed by atoms with E-state index in [0.29, 0.717) is 31.1 Å². The molecule has 1 aliphatic rings. The molecule has 1 fully saturated rings. The third-order valence-electron chi connectivity index (χ3n) is 4.79. The van der Waals surface area contributed by atoms with Crippen LogP contribution in [0.4, 0.5) is 4.79 Å². The molecule has 0 spiro atoms. The van der Waals surface area contributed by atoms with E-state index in [1.165, 1.54) is 0 Å². The number of nitrogens with one attached hydrogen (secondary N) is 2. The molecule has 0 saturated carbocycles. The molecule has 2 rings (SSSR count). The number of piperidine rings is 1. The van der Waals surface area contributed by atoms with Gasteiger partial charge in [0.1, 0.15) is 0 Å². The standard InChI is InChI=1S/C21H31N3O4/c1-14(2)23-21(27)22-13-17-5-7-18(8-6-17)20(26)28-16(4)19(25)24-11-9-15(3)10-12-24/h5-8,14-16H,9-13H2,1-4H3,(H2,22,23,27). The summed E-state index contributed by atoms with van der Waals surface area (Å²) in [5.74, 6) is -0.0353. The molecular formula is C21H31N3O4. The number of amides is 3. The molecule has 0 radical (unpaired) electrons. The van der Waals surface area contributed by atoms with E-state index < -0.39 is 12.1 Å². The van der Waals surface area contributed by atoms with Crippen molar-refractivity contribution < 1.29 is 19.1 Å². The first-order valence-corrected chi connectivity index (χ1v) is 9.89. The van der Waals surface area contributed by atoms with Gasteiger partial charge >= 0.3 is 12.0 Å². The average molecular weight is 389 g/mol. The van der Waals surface area contributed by atoms with Crippen LogP contribution < -0.4 is 10.6 Å². The van der Waals surface area contributed by atoms with Crippen LogP contribution in [0.1, 0.15) is 56.5 Å². The first-order valence-electron chi connectivity index (χ1n) is 9.89. The number of carbonyl (C=O) groups excluding carboxylic acids is 3. The molecule has 1 heterocycles. The van der Waals surface area contributed by atoms with Crippen LogP contribution in [0.15, 0.2) is 24.3 Å². The highest BCUT2D eigenvalue weighted by atomic mass is 16.5. The predicted octanol–water partition coefficient (Wildman–Crippen LogP) is 2.70. The summed E-state index contributed by atoms with van der Waals surface area (Å²) >= 11 is 0. The lowest BCUT2D eigenvalue weighted by molar-refractivity contribution is -0.141. The first-order chi connectivity index (χ1) is 13.3. The van der Waals surface area contributed by atoms with Gasteiger partial charge in [-0.15, -0.1) is 0 Å². The second-order valence-electron chi connectivity index (χ2n) is 7.73. The summed E-state index contributed by atoms with van der Waals surface area (Å²) in [7, 11) is 0. The summed E-state index contributed by atoms with van der Waals surface area (Å²) in [5.41, 5.74) is 1.24. The van der Waals surface area contributed by atoms with Crippen molar-refractivity contribution in [1.29, 1.82) is 0 Å². The van der Waals surface area contributed by atoms with Crippen LogP contribution in [-0.4, -0.2) is 48.0 Å². The van der Waals surface area contributed by atoms with Gasteiger partial charge < -0.3 is 20.3 Å². The van der Waals surface area contributed by atoms with E-state index in [-0.39, 0.29) is 18.0 Å². The molecule has 3 amide bonds. The Morgan fingerprint density at radius 1 is 1.11 bits per heavy atom. The molecule has 7 nitrogen and oxygen atoms in total. The monoisotopic (exact) mass is 389 g/mol. The minimum absolute atomic E-state index is 0.0650. The van der Waals surface area contributed by atoms with Crippen molar-refractivity contribution in [2.24, 2.45) is 5.92 Å². The summed E-state index contributed by atoms with van der Waals surface area (Å²) in [6.45, 7) is 9.36. The van der Waals surface area contributed by atoms with Gasteiger partial charge in [-0.25, -0.2) is 9.59 Å². The van der Waals surface area contributed by atoms with E-state index in [0.717, 1.165) is 18.4 Å². The van der Waals surface area contributed by atoms with Crippen molar-refractivity contribution in [3.63, 3.8) is 0 Å². The number of carbonyl (C=O) groups is 3. The number of hydrogen-bond acceptors (Lipinski definition) is 4. The lowest BCUT2D eigenvalue weighted by Gasteiger charge is -2.31. The summed E-state index contributed by atoms with van der Waals surface area (Å²) in [6, 6.07) is 6.61. The number of likely N-dealkylation sites (tertiary alicyclic amines) is 1. The summed E-state index contributed by atoms with van der Waals surface area (Å²) < 4.78 is 5.35. The molecule has 154 valence electrons. The molecule has 28 heavy (non-hydrogen) atoms. The van der Waals surface area contributed by atoms with Crippen LogP contribution in [-0.2, 0) is 16.1 Å². The Kier molecular flexibility index (Phi) is 7.84. The van der Waals surface area contributed by atoms with Crippen LogP contribution in [0.3, 0.4) is 0 Å². The zero-order valence-electron chi connectivity index (χ0n) is 17.2. The SMILES string of the molecule is CC1CCN(C(=O)C(C)OC(=O)c2ccc(CNC(=O)NC(C)C)cc2)CC1. The Bertz CT molecular complexity index is 679. The summed E-state index contributed by atoms with van der Waals surface area (Å²) in [4.78, 5) is 38.1. The molecule has 2 N–H and O–H groups in total. The number of nitrogens with zero attached hydrogens (tertiary/aromatic N) is 1. The van der Waals surface area contributed by atoms with E-state index in [1.54, 1.807) is 36.1 Å². The Hall–Kier alpha value is -2.57. The smallest absolute Gasteiger partial charge is 0.338 e. The van der Waals surface area contributed by atoms with Crippen molar-refractivity contribution in [2.45, 2.75) is 59.2 Å². The topological polar surface area (TPSA) is 87.7 Å². The molecule has 1 saturated heterocycles. The molecule has 1 atom stereocenters. The van der Waals surface area contributed by atoms with Crippen LogP contribution in [0.2, 0.25) is 0 Å². The van der Waals surface area contributed by atoms with Crippen LogP contribution in [0, 0.1) is 5.92 Å². The Labute approximate surface area is 166 Å². The molecule has 1 aromatic rings. The molecule has 0 aromatic heterocycles. The van der Waals surface area contributed by atoms with Crippen molar-refractivity contribution >= 4 is 17.9 Å². The number of urea groups is 1. The van der Waals surface area contributed by atoms with Crippen LogP contribution in [0.25, 0.3) is 0 Å². The van der Waals surface area contributed by atoms with E-state index in [9.17, 15) is 14.4 Å². The van der Waals surface area contributed by atoms with Crippen LogP contribution >= 0.6 is 0 Å².